The summed E-state index contributed by atoms with van der Waals surface area (Å²) >= 11 is 0. The number of esters is 1. The van der Waals surface area contributed by atoms with E-state index < -0.39 is 5.97 Å². The number of carbonyl (C=O) groups excluding carboxylic acids is 1. The van der Waals surface area contributed by atoms with Gasteiger partial charge in [0.25, 0.3) is 0 Å². The summed E-state index contributed by atoms with van der Waals surface area (Å²) in [6.07, 6.45) is 1.38. The first-order valence-corrected chi connectivity index (χ1v) is 6.07. The second-order valence-corrected chi connectivity index (χ2v) is 4.31. The molecular weight excluding hydrogens is 270 g/mol. The molecule has 106 valence electrons. The van der Waals surface area contributed by atoms with E-state index in [1.165, 1.54) is 19.4 Å². The van der Waals surface area contributed by atoms with Gasteiger partial charge in [-0.2, -0.15) is 5.26 Å². The molecule has 1 heterocycles. The third kappa shape index (κ3) is 3.09. The highest BCUT2D eigenvalue weighted by molar-refractivity contribution is 5.92. The van der Waals surface area contributed by atoms with Gasteiger partial charge < -0.3 is 15.2 Å². The lowest BCUT2D eigenvalue weighted by Crippen LogP contribution is -2.06. The highest BCUT2D eigenvalue weighted by Crippen LogP contribution is 2.28. The lowest BCUT2D eigenvalue weighted by Gasteiger charge is -2.11. The first-order valence-electron chi connectivity index (χ1n) is 6.07. The number of nitrogen functional groups attached to an aromatic ring is 1. The molecule has 0 saturated heterocycles. The molecule has 0 atom stereocenters. The Morgan fingerprint density at radius 1 is 1.38 bits per heavy atom. The third-order valence-corrected chi connectivity index (χ3v) is 2.80. The molecule has 6 heteroatoms. The maximum absolute atomic E-state index is 11.7. The molecule has 0 spiro atoms. The fraction of sp³-hybridized carbons (Fsp3) is 0.133. The van der Waals surface area contributed by atoms with Crippen molar-refractivity contribution >= 4 is 11.7 Å². The molecule has 0 fully saturated rings. The van der Waals surface area contributed by atoms with Crippen LogP contribution in [0.3, 0.4) is 0 Å². The number of nitrogens with two attached hydrogens (primary N) is 1. The zero-order valence-corrected chi connectivity index (χ0v) is 11.6. The molecule has 0 aliphatic carbocycles. The Balaban J connectivity index is 2.45. The molecule has 0 amide bonds. The van der Waals surface area contributed by atoms with Crippen molar-refractivity contribution in [2.24, 2.45) is 0 Å². The number of benzene rings is 1. The van der Waals surface area contributed by atoms with Crippen LogP contribution in [0, 0.1) is 18.3 Å². The van der Waals surface area contributed by atoms with Crippen molar-refractivity contribution in [3.05, 3.63) is 47.2 Å². The predicted octanol–water partition coefficient (Wildman–Crippen LogP) is 2.42. The Morgan fingerprint density at radius 2 is 2.14 bits per heavy atom. The number of pyridine rings is 1. The Morgan fingerprint density at radius 3 is 2.81 bits per heavy atom. The number of anilines is 1. The summed E-state index contributed by atoms with van der Waals surface area (Å²) < 4.78 is 10.3. The summed E-state index contributed by atoms with van der Waals surface area (Å²) in [7, 11) is 1.26. The summed E-state index contributed by atoms with van der Waals surface area (Å²) in [5.74, 6) is -0.0791. The van der Waals surface area contributed by atoms with Gasteiger partial charge >= 0.3 is 5.97 Å². The van der Waals surface area contributed by atoms with E-state index in [1.54, 1.807) is 18.2 Å². The van der Waals surface area contributed by atoms with Gasteiger partial charge in [0.1, 0.15) is 11.3 Å². The Kier molecular flexibility index (Phi) is 4.05. The van der Waals surface area contributed by atoms with E-state index in [0.717, 1.165) is 5.56 Å². The minimum absolute atomic E-state index is 0.0780. The molecule has 6 nitrogen and oxygen atoms in total. The zero-order valence-electron chi connectivity index (χ0n) is 11.6. The molecule has 0 saturated carbocycles. The Hall–Kier alpha value is -3.07. The van der Waals surface area contributed by atoms with E-state index >= 15 is 0 Å². The molecule has 2 aromatic rings. The summed E-state index contributed by atoms with van der Waals surface area (Å²) in [4.78, 5) is 15.7. The minimum atomic E-state index is -0.598. The highest BCUT2D eigenvalue weighted by atomic mass is 16.5. The van der Waals surface area contributed by atoms with Gasteiger partial charge in [-0.05, 0) is 30.7 Å². The van der Waals surface area contributed by atoms with Crippen LogP contribution >= 0.6 is 0 Å². The second kappa shape index (κ2) is 5.92. The summed E-state index contributed by atoms with van der Waals surface area (Å²) in [6, 6.07) is 8.47. The number of methoxy groups -OCH3 is 1. The van der Waals surface area contributed by atoms with Crippen molar-refractivity contribution < 1.29 is 14.3 Å². The van der Waals surface area contributed by atoms with Crippen LogP contribution in [0.2, 0.25) is 0 Å². The van der Waals surface area contributed by atoms with Gasteiger partial charge in [-0.25, -0.2) is 9.78 Å². The van der Waals surface area contributed by atoms with Crippen LogP contribution in [-0.4, -0.2) is 18.1 Å². The van der Waals surface area contributed by atoms with E-state index in [4.69, 9.17) is 15.7 Å². The maximum Gasteiger partial charge on any atom is 0.343 e. The van der Waals surface area contributed by atoms with E-state index in [9.17, 15) is 4.79 Å². The van der Waals surface area contributed by atoms with Gasteiger partial charge in [0.05, 0.1) is 30.6 Å². The number of rotatable bonds is 3. The van der Waals surface area contributed by atoms with Crippen LogP contribution in [-0.2, 0) is 4.74 Å². The van der Waals surface area contributed by atoms with Crippen LogP contribution < -0.4 is 10.5 Å². The summed E-state index contributed by atoms with van der Waals surface area (Å²) in [5, 5.41) is 8.92. The topological polar surface area (TPSA) is 98.2 Å². The number of hydrogen-bond donors (Lipinski definition) is 1. The number of carbonyl (C=O) groups is 1. The fourth-order valence-corrected chi connectivity index (χ4v) is 1.69. The maximum atomic E-state index is 11.7. The third-order valence-electron chi connectivity index (χ3n) is 2.80. The van der Waals surface area contributed by atoms with Gasteiger partial charge in [0.2, 0.25) is 5.88 Å². The van der Waals surface area contributed by atoms with E-state index in [-0.39, 0.29) is 11.4 Å². The van der Waals surface area contributed by atoms with Crippen molar-refractivity contribution in [3.8, 4) is 17.7 Å². The second-order valence-electron chi connectivity index (χ2n) is 4.31. The van der Waals surface area contributed by atoms with Gasteiger partial charge in [0, 0.05) is 0 Å². The smallest absolute Gasteiger partial charge is 0.343 e. The van der Waals surface area contributed by atoms with Crippen molar-refractivity contribution in [1.29, 1.82) is 5.26 Å². The zero-order chi connectivity index (χ0) is 15.4. The average Bonchev–Trinajstić information content (AvgIpc) is 2.50. The number of aromatic nitrogens is 1. The van der Waals surface area contributed by atoms with Crippen molar-refractivity contribution in [1.82, 2.24) is 4.98 Å². The summed E-state index contributed by atoms with van der Waals surface area (Å²) in [5.41, 5.74) is 7.33. The largest absolute Gasteiger partial charge is 0.465 e. The minimum Gasteiger partial charge on any atom is -0.465 e. The molecule has 0 unspecified atom stereocenters. The number of nitriles is 1. The van der Waals surface area contributed by atoms with Crippen LogP contribution in [0.5, 0.6) is 11.6 Å². The lowest BCUT2D eigenvalue weighted by molar-refractivity contribution is 0.0597. The number of nitrogens with zero attached hydrogens (tertiary/aromatic N) is 2. The van der Waals surface area contributed by atoms with Gasteiger partial charge in [-0.1, -0.05) is 6.07 Å². The monoisotopic (exact) mass is 283 g/mol. The molecule has 1 aromatic carbocycles. The first-order chi connectivity index (χ1) is 10.0. The molecular formula is C15H13N3O3. The van der Waals surface area contributed by atoms with Crippen molar-refractivity contribution in [2.75, 3.05) is 12.8 Å². The molecule has 0 bridgehead atoms. The average molecular weight is 283 g/mol. The van der Waals surface area contributed by atoms with Crippen LogP contribution in [0.4, 0.5) is 5.69 Å². The number of aryl methyl sites for hydroxylation is 1. The molecule has 0 aliphatic rings. The predicted molar refractivity (Wildman–Crippen MR) is 76.0 cm³/mol. The van der Waals surface area contributed by atoms with Crippen LogP contribution in [0.25, 0.3) is 0 Å². The van der Waals surface area contributed by atoms with Gasteiger partial charge in [-0.3, -0.25) is 0 Å². The van der Waals surface area contributed by atoms with Crippen molar-refractivity contribution in [3.63, 3.8) is 0 Å². The van der Waals surface area contributed by atoms with Crippen LogP contribution in [0.15, 0.2) is 30.5 Å². The summed E-state index contributed by atoms with van der Waals surface area (Å²) in [6.45, 7) is 1.83. The lowest BCUT2D eigenvalue weighted by atomic mass is 10.1. The van der Waals surface area contributed by atoms with E-state index in [2.05, 4.69) is 9.72 Å². The van der Waals surface area contributed by atoms with Gasteiger partial charge in [-0.15, -0.1) is 0 Å². The Bertz CT molecular complexity index is 735. The standard InChI is InChI=1S/C15H13N3O3/c1-9-3-4-10(7-16)5-13(9)21-14-12(15(19)20-2)6-11(17)8-18-14/h3-6,8H,17H2,1-2H3. The fourth-order valence-electron chi connectivity index (χ4n) is 1.69. The molecule has 1 aromatic heterocycles. The SMILES string of the molecule is COC(=O)c1cc(N)cnc1Oc1cc(C#N)ccc1C. The van der Waals surface area contributed by atoms with Crippen molar-refractivity contribution in [2.45, 2.75) is 6.92 Å². The normalized spacial score (nSPS) is 9.76. The van der Waals surface area contributed by atoms with Gasteiger partial charge in [0.15, 0.2) is 0 Å². The number of ether oxygens (including phenoxy) is 2. The quantitative estimate of drug-likeness (QED) is 0.868. The molecule has 0 aliphatic heterocycles. The first kappa shape index (κ1) is 14.3. The van der Waals surface area contributed by atoms with E-state index in [0.29, 0.717) is 17.0 Å². The molecule has 2 rings (SSSR count). The Labute approximate surface area is 121 Å². The number of hydrogen-bond acceptors (Lipinski definition) is 6. The highest BCUT2D eigenvalue weighted by Gasteiger charge is 2.16. The van der Waals surface area contributed by atoms with E-state index in [1.807, 2.05) is 13.0 Å². The molecule has 21 heavy (non-hydrogen) atoms. The van der Waals surface area contributed by atoms with Crippen LogP contribution in [0.1, 0.15) is 21.5 Å². The molecule has 0 radical (unpaired) electrons. The molecule has 2 N–H and O–H groups in total.